The maximum atomic E-state index is 6.43. The first-order chi connectivity index (χ1) is 7.78. The number of aromatic nitrogens is 1. The second kappa shape index (κ2) is 4.31. The number of nitrogens with two attached hydrogens (primary N) is 1. The summed E-state index contributed by atoms with van der Waals surface area (Å²) >= 11 is 3.88. The molecule has 88 valence electrons. The molecular formula is C12H18N2S2. The minimum absolute atomic E-state index is 0.0992. The van der Waals surface area contributed by atoms with Crippen LogP contribution in [0, 0.1) is 0 Å². The van der Waals surface area contributed by atoms with Crippen LogP contribution in [-0.4, -0.2) is 10.7 Å². The van der Waals surface area contributed by atoms with Gasteiger partial charge < -0.3 is 5.73 Å². The Balaban J connectivity index is 1.81. The van der Waals surface area contributed by atoms with Crippen LogP contribution in [0.15, 0.2) is 5.38 Å². The highest BCUT2D eigenvalue weighted by Crippen LogP contribution is 2.43. The van der Waals surface area contributed by atoms with E-state index in [1.165, 1.54) is 36.4 Å². The average Bonchev–Trinajstić information content (AvgIpc) is 2.98. The van der Waals surface area contributed by atoms with Crippen LogP contribution in [0.1, 0.15) is 54.5 Å². The lowest BCUT2D eigenvalue weighted by Gasteiger charge is -2.20. The molecule has 1 aliphatic carbocycles. The highest BCUT2D eigenvalue weighted by atomic mass is 32.2. The van der Waals surface area contributed by atoms with Crippen LogP contribution in [0.5, 0.6) is 0 Å². The average molecular weight is 254 g/mol. The van der Waals surface area contributed by atoms with Gasteiger partial charge in [-0.05, 0) is 31.4 Å². The first kappa shape index (κ1) is 11.1. The van der Waals surface area contributed by atoms with E-state index < -0.39 is 0 Å². The summed E-state index contributed by atoms with van der Waals surface area (Å²) in [6.45, 7) is 0. The Labute approximate surface area is 105 Å². The molecular weight excluding hydrogens is 236 g/mol. The molecule has 16 heavy (non-hydrogen) atoms. The van der Waals surface area contributed by atoms with E-state index in [2.05, 4.69) is 17.1 Å². The van der Waals surface area contributed by atoms with Gasteiger partial charge in [0.25, 0.3) is 0 Å². The Hall–Kier alpha value is -0.0600. The van der Waals surface area contributed by atoms with Crippen molar-refractivity contribution in [2.24, 2.45) is 5.73 Å². The van der Waals surface area contributed by atoms with Crippen molar-refractivity contribution >= 4 is 23.1 Å². The van der Waals surface area contributed by atoms with Gasteiger partial charge in [0, 0.05) is 5.38 Å². The number of nitrogens with zero attached hydrogens (tertiary/aromatic N) is 1. The standard InChI is InChI=1S/C12H18N2S2/c13-12(5-1-2-6-12)10-8-16-11(14-10)9-4-3-7-15-9/h8-9H,1-7,13H2. The van der Waals surface area contributed by atoms with Gasteiger partial charge >= 0.3 is 0 Å². The molecule has 0 amide bonds. The van der Waals surface area contributed by atoms with Crippen molar-refractivity contribution in [1.29, 1.82) is 0 Å². The van der Waals surface area contributed by atoms with Gasteiger partial charge in [-0.2, -0.15) is 11.8 Å². The fourth-order valence-corrected chi connectivity index (χ4v) is 5.16. The van der Waals surface area contributed by atoms with Gasteiger partial charge in [0.15, 0.2) is 0 Å². The molecule has 2 aliphatic rings. The summed E-state index contributed by atoms with van der Waals surface area (Å²) in [5, 5.41) is 4.18. The summed E-state index contributed by atoms with van der Waals surface area (Å²) in [5.41, 5.74) is 7.49. The summed E-state index contributed by atoms with van der Waals surface area (Å²) in [5.74, 6) is 1.30. The lowest BCUT2D eigenvalue weighted by molar-refractivity contribution is 0.448. The molecule has 2 heterocycles. The summed E-state index contributed by atoms with van der Waals surface area (Å²) in [6, 6.07) is 0. The zero-order chi connectivity index (χ0) is 11.0. The van der Waals surface area contributed by atoms with Gasteiger partial charge in [0.2, 0.25) is 0 Å². The van der Waals surface area contributed by atoms with Gasteiger partial charge in [-0.3, -0.25) is 0 Å². The van der Waals surface area contributed by atoms with Crippen LogP contribution >= 0.6 is 23.1 Å². The van der Waals surface area contributed by atoms with E-state index in [0.717, 1.165) is 18.5 Å². The molecule has 2 fully saturated rings. The quantitative estimate of drug-likeness (QED) is 0.878. The molecule has 3 rings (SSSR count). The minimum Gasteiger partial charge on any atom is -0.320 e. The van der Waals surface area contributed by atoms with E-state index in [1.807, 2.05) is 11.3 Å². The van der Waals surface area contributed by atoms with E-state index in [9.17, 15) is 0 Å². The zero-order valence-corrected chi connectivity index (χ0v) is 11.1. The largest absolute Gasteiger partial charge is 0.320 e. The smallest absolute Gasteiger partial charge is 0.106 e. The lowest BCUT2D eigenvalue weighted by atomic mass is 9.96. The monoisotopic (exact) mass is 254 g/mol. The Morgan fingerprint density at radius 2 is 2.12 bits per heavy atom. The van der Waals surface area contributed by atoms with Gasteiger partial charge in [0.1, 0.15) is 5.01 Å². The fraction of sp³-hybridized carbons (Fsp3) is 0.750. The molecule has 1 saturated heterocycles. The summed E-state index contributed by atoms with van der Waals surface area (Å²) < 4.78 is 0. The van der Waals surface area contributed by atoms with Crippen LogP contribution in [0.2, 0.25) is 0 Å². The molecule has 1 aromatic heterocycles. The number of thiazole rings is 1. The molecule has 0 bridgehead atoms. The topological polar surface area (TPSA) is 38.9 Å². The van der Waals surface area contributed by atoms with Crippen molar-refractivity contribution in [3.8, 4) is 0 Å². The van der Waals surface area contributed by atoms with E-state index in [4.69, 9.17) is 10.7 Å². The van der Waals surface area contributed by atoms with Crippen molar-refractivity contribution in [3.63, 3.8) is 0 Å². The van der Waals surface area contributed by atoms with Crippen molar-refractivity contribution in [3.05, 3.63) is 16.1 Å². The van der Waals surface area contributed by atoms with Gasteiger partial charge in [-0.1, -0.05) is 12.8 Å². The van der Waals surface area contributed by atoms with Crippen LogP contribution < -0.4 is 5.73 Å². The second-order valence-corrected chi connectivity index (χ2v) is 7.14. The summed E-state index contributed by atoms with van der Waals surface area (Å²) in [4.78, 5) is 4.82. The van der Waals surface area contributed by atoms with Crippen LogP contribution in [0.3, 0.4) is 0 Å². The maximum Gasteiger partial charge on any atom is 0.106 e. The molecule has 0 radical (unpaired) electrons. The maximum absolute atomic E-state index is 6.43. The molecule has 0 aromatic carbocycles. The first-order valence-electron chi connectivity index (χ1n) is 6.14. The Morgan fingerprint density at radius 3 is 2.81 bits per heavy atom. The Morgan fingerprint density at radius 1 is 1.31 bits per heavy atom. The molecule has 1 unspecified atom stereocenters. The van der Waals surface area contributed by atoms with Gasteiger partial charge in [-0.15, -0.1) is 11.3 Å². The molecule has 1 saturated carbocycles. The number of thioether (sulfide) groups is 1. The highest BCUT2D eigenvalue weighted by molar-refractivity contribution is 7.99. The van der Waals surface area contributed by atoms with E-state index in [1.54, 1.807) is 0 Å². The van der Waals surface area contributed by atoms with E-state index >= 15 is 0 Å². The van der Waals surface area contributed by atoms with E-state index in [0.29, 0.717) is 5.25 Å². The predicted molar refractivity (Wildman–Crippen MR) is 70.9 cm³/mol. The van der Waals surface area contributed by atoms with Crippen molar-refractivity contribution in [1.82, 2.24) is 4.98 Å². The molecule has 2 N–H and O–H groups in total. The van der Waals surface area contributed by atoms with E-state index in [-0.39, 0.29) is 5.54 Å². The highest BCUT2D eigenvalue weighted by Gasteiger charge is 2.34. The first-order valence-corrected chi connectivity index (χ1v) is 8.07. The van der Waals surface area contributed by atoms with Crippen molar-refractivity contribution < 1.29 is 0 Å². The molecule has 4 heteroatoms. The number of hydrogen-bond acceptors (Lipinski definition) is 4. The number of rotatable bonds is 2. The third-order valence-corrected chi connectivity index (χ3v) is 6.23. The Bertz CT molecular complexity index is 363. The third kappa shape index (κ3) is 1.91. The predicted octanol–water partition coefficient (Wildman–Crippen LogP) is 3.44. The molecule has 2 nitrogen and oxygen atoms in total. The minimum atomic E-state index is -0.0992. The van der Waals surface area contributed by atoms with Crippen molar-refractivity contribution in [2.45, 2.75) is 49.3 Å². The lowest BCUT2D eigenvalue weighted by Crippen LogP contribution is -2.33. The SMILES string of the molecule is NC1(c2csc(C3CCCS3)n2)CCCC1. The zero-order valence-electron chi connectivity index (χ0n) is 9.45. The van der Waals surface area contributed by atoms with Gasteiger partial charge in [0.05, 0.1) is 16.5 Å². The molecule has 1 aliphatic heterocycles. The van der Waals surface area contributed by atoms with Crippen LogP contribution in [0.4, 0.5) is 0 Å². The molecule has 1 aromatic rings. The summed E-state index contributed by atoms with van der Waals surface area (Å²) in [6.07, 6.45) is 7.41. The second-order valence-electron chi connectivity index (χ2n) is 4.94. The van der Waals surface area contributed by atoms with Gasteiger partial charge in [-0.25, -0.2) is 4.98 Å². The van der Waals surface area contributed by atoms with Crippen molar-refractivity contribution in [2.75, 3.05) is 5.75 Å². The van der Waals surface area contributed by atoms with Crippen LogP contribution in [0.25, 0.3) is 0 Å². The third-order valence-electron chi connectivity index (χ3n) is 3.73. The number of hydrogen-bond donors (Lipinski definition) is 1. The summed E-state index contributed by atoms with van der Waals surface area (Å²) in [7, 11) is 0. The fourth-order valence-electron chi connectivity index (χ4n) is 2.70. The Kier molecular flexibility index (Phi) is 2.98. The normalized spacial score (nSPS) is 28.7. The molecule has 1 atom stereocenters. The molecule has 0 spiro atoms. The van der Waals surface area contributed by atoms with Crippen LogP contribution in [-0.2, 0) is 5.54 Å².